The number of likely N-dealkylation sites (tertiary alicyclic amines) is 1. The Morgan fingerprint density at radius 3 is 2.54 bits per heavy atom. The Bertz CT molecular complexity index is 1350. The highest BCUT2D eigenvalue weighted by atomic mass is 35.5. The van der Waals surface area contributed by atoms with E-state index in [9.17, 15) is 14.7 Å². The topological polar surface area (TPSA) is 66.8 Å². The summed E-state index contributed by atoms with van der Waals surface area (Å²) in [5.41, 5.74) is 3.09. The first-order chi connectivity index (χ1) is 16.8. The van der Waals surface area contributed by atoms with E-state index >= 15 is 0 Å². The fraction of sp³-hybridized carbons (Fsp3) is 0.214. The second-order valence-electron chi connectivity index (χ2n) is 8.86. The fourth-order valence-corrected chi connectivity index (χ4v) is 5.07. The van der Waals surface area contributed by atoms with Crippen molar-refractivity contribution in [2.75, 3.05) is 6.54 Å². The van der Waals surface area contributed by atoms with E-state index in [0.29, 0.717) is 40.6 Å². The molecule has 1 fully saturated rings. The van der Waals surface area contributed by atoms with Gasteiger partial charge < -0.3 is 14.7 Å². The minimum absolute atomic E-state index is 0.0355. The van der Waals surface area contributed by atoms with E-state index in [4.69, 9.17) is 27.9 Å². The van der Waals surface area contributed by atoms with Crippen molar-refractivity contribution in [3.05, 3.63) is 105 Å². The molecular formula is C28H23Cl2NO4. The lowest BCUT2D eigenvalue weighted by atomic mass is 9.94. The molecule has 7 heteroatoms. The number of carbonyl (C=O) groups excluding carboxylic acids is 2. The molecule has 5 rings (SSSR count). The first kappa shape index (κ1) is 23.5. The molecule has 0 aliphatic carbocycles. The highest BCUT2D eigenvalue weighted by Crippen LogP contribution is 2.42. The summed E-state index contributed by atoms with van der Waals surface area (Å²) in [6.45, 7) is 2.27. The lowest BCUT2D eigenvalue weighted by Crippen LogP contribution is -2.31. The van der Waals surface area contributed by atoms with Gasteiger partial charge in [0, 0.05) is 18.5 Å². The molecule has 1 amide bonds. The predicted octanol–water partition coefficient (Wildman–Crippen LogP) is 5.98. The minimum Gasteiger partial charge on any atom is -0.507 e. The Morgan fingerprint density at radius 2 is 1.80 bits per heavy atom. The van der Waals surface area contributed by atoms with E-state index in [2.05, 4.69) is 0 Å². The summed E-state index contributed by atoms with van der Waals surface area (Å²) < 4.78 is 5.76. The van der Waals surface area contributed by atoms with Gasteiger partial charge in [-0.1, -0.05) is 59.6 Å². The standard InChI is InChI=1S/C28H23Cl2NO4/c1-16-13-20-14-19(8-10-23(20)35-16)26(32)24-25(18-7-9-21(29)22(30)15-18)31(28(34)27(24)33)12-11-17-5-3-2-4-6-17/h2-10,14-16,25,32H,11-13H2,1H3/b26-24+/t16-,25+/m0/s1. The van der Waals surface area contributed by atoms with E-state index < -0.39 is 17.7 Å². The lowest BCUT2D eigenvalue weighted by molar-refractivity contribution is -0.139. The van der Waals surface area contributed by atoms with Crippen molar-refractivity contribution in [1.29, 1.82) is 0 Å². The number of Topliss-reactive ketones (excluding diaryl/α,β-unsaturated/α-hetero) is 1. The maximum absolute atomic E-state index is 13.3. The number of aliphatic hydroxyl groups excluding tert-OH is 1. The van der Waals surface area contributed by atoms with E-state index in [1.807, 2.05) is 43.3 Å². The van der Waals surface area contributed by atoms with Crippen LogP contribution in [0.1, 0.15) is 35.2 Å². The zero-order valence-electron chi connectivity index (χ0n) is 19.0. The van der Waals surface area contributed by atoms with Crippen molar-refractivity contribution >= 4 is 40.7 Å². The molecule has 0 bridgehead atoms. The molecule has 1 saturated heterocycles. The Morgan fingerprint density at radius 1 is 1.03 bits per heavy atom. The number of fused-ring (bicyclic) bond motifs is 1. The zero-order valence-corrected chi connectivity index (χ0v) is 20.5. The number of ether oxygens (including phenoxy) is 1. The molecule has 5 nitrogen and oxygen atoms in total. The van der Waals surface area contributed by atoms with E-state index in [0.717, 1.165) is 16.9 Å². The van der Waals surface area contributed by atoms with Crippen LogP contribution in [-0.2, 0) is 22.4 Å². The largest absolute Gasteiger partial charge is 0.507 e. The molecule has 178 valence electrons. The third kappa shape index (κ3) is 4.42. The maximum atomic E-state index is 13.3. The van der Waals surface area contributed by atoms with Crippen molar-refractivity contribution < 1.29 is 19.4 Å². The van der Waals surface area contributed by atoms with Crippen LogP contribution in [0.3, 0.4) is 0 Å². The number of carbonyl (C=O) groups is 2. The molecular weight excluding hydrogens is 485 g/mol. The summed E-state index contributed by atoms with van der Waals surface area (Å²) in [4.78, 5) is 28.0. The summed E-state index contributed by atoms with van der Waals surface area (Å²) in [6, 6.07) is 19.2. The predicted molar refractivity (Wildman–Crippen MR) is 136 cm³/mol. The molecule has 1 N–H and O–H groups in total. The zero-order chi connectivity index (χ0) is 24.7. The van der Waals surface area contributed by atoms with Crippen LogP contribution >= 0.6 is 23.2 Å². The van der Waals surface area contributed by atoms with Crippen molar-refractivity contribution in [1.82, 2.24) is 4.90 Å². The Kier molecular flexibility index (Phi) is 6.30. The number of benzene rings is 3. The normalized spacial score (nSPS) is 20.7. The molecule has 0 radical (unpaired) electrons. The second-order valence-corrected chi connectivity index (χ2v) is 9.67. The number of rotatable bonds is 5. The summed E-state index contributed by atoms with van der Waals surface area (Å²) in [6.07, 6.45) is 1.31. The summed E-state index contributed by atoms with van der Waals surface area (Å²) in [5, 5.41) is 12.0. The molecule has 3 aromatic rings. The van der Waals surface area contributed by atoms with Crippen LogP contribution in [-0.4, -0.2) is 34.3 Å². The second kappa shape index (κ2) is 9.40. The van der Waals surface area contributed by atoms with Gasteiger partial charge in [0.15, 0.2) is 0 Å². The van der Waals surface area contributed by atoms with E-state index in [-0.39, 0.29) is 17.4 Å². The molecule has 0 saturated carbocycles. The quantitative estimate of drug-likeness (QED) is 0.262. The van der Waals surface area contributed by atoms with Crippen LogP contribution < -0.4 is 4.74 Å². The number of halogens is 2. The first-order valence-electron chi connectivity index (χ1n) is 11.4. The maximum Gasteiger partial charge on any atom is 0.295 e. The molecule has 3 aromatic carbocycles. The van der Waals surface area contributed by atoms with Crippen molar-refractivity contribution in [3.8, 4) is 5.75 Å². The van der Waals surface area contributed by atoms with Gasteiger partial charge in [-0.25, -0.2) is 0 Å². The van der Waals surface area contributed by atoms with Gasteiger partial charge in [0.05, 0.1) is 21.7 Å². The fourth-order valence-electron chi connectivity index (χ4n) is 4.76. The van der Waals surface area contributed by atoms with Crippen molar-refractivity contribution in [2.45, 2.75) is 31.9 Å². The molecule has 2 heterocycles. The number of ketones is 1. The van der Waals surface area contributed by atoms with Crippen LogP contribution in [0.4, 0.5) is 0 Å². The lowest BCUT2D eigenvalue weighted by Gasteiger charge is -2.25. The van der Waals surface area contributed by atoms with Gasteiger partial charge in [0.2, 0.25) is 0 Å². The summed E-state index contributed by atoms with van der Waals surface area (Å²) in [7, 11) is 0. The van der Waals surface area contributed by atoms with Crippen LogP contribution in [0, 0.1) is 0 Å². The monoisotopic (exact) mass is 507 g/mol. The van der Waals surface area contributed by atoms with Crippen LogP contribution in [0.15, 0.2) is 72.3 Å². The van der Waals surface area contributed by atoms with Crippen LogP contribution in [0.25, 0.3) is 5.76 Å². The van der Waals surface area contributed by atoms with Gasteiger partial charge in [0.1, 0.15) is 17.6 Å². The molecule has 0 spiro atoms. The highest BCUT2D eigenvalue weighted by molar-refractivity contribution is 6.46. The Hall–Kier alpha value is -3.28. The molecule has 2 aliphatic rings. The number of amides is 1. The van der Waals surface area contributed by atoms with Crippen molar-refractivity contribution in [2.24, 2.45) is 0 Å². The van der Waals surface area contributed by atoms with Crippen molar-refractivity contribution in [3.63, 3.8) is 0 Å². The van der Waals surface area contributed by atoms with Gasteiger partial charge in [-0.2, -0.15) is 0 Å². The van der Waals surface area contributed by atoms with Gasteiger partial charge in [0.25, 0.3) is 11.7 Å². The van der Waals surface area contributed by atoms with Gasteiger partial charge in [-0.05, 0) is 60.4 Å². The molecule has 2 atom stereocenters. The van der Waals surface area contributed by atoms with Gasteiger partial charge in [-0.15, -0.1) is 0 Å². The average molecular weight is 508 g/mol. The number of hydrogen-bond donors (Lipinski definition) is 1. The highest BCUT2D eigenvalue weighted by Gasteiger charge is 2.46. The van der Waals surface area contributed by atoms with E-state index in [1.165, 1.54) is 4.90 Å². The minimum atomic E-state index is -0.795. The van der Waals surface area contributed by atoms with Crippen LogP contribution in [0.2, 0.25) is 10.0 Å². The number of hydrogen-bond acceptors (Lipinski definition) is 4. The summed E-state index contributed by atoms with van der Waals surface area (Å²) >= 11 is 12.4. The van der Waals surface area contributed by atoms with Gasteiger partial charge >= 0.3 is 0 Å². The molecule has 2 aliphatic heterocycles. The average Bonchev–Trinajstić information content (AvgIpc) is 3.35. The third-order valence-corrected chi connectivity index (χ3v) is 7.19. The molecule has 0 aromatic heterocycles. The van der Waals surface area contributed by atoms with Gasteiger partial charge in [-0.3, -0.25) is 9.59 Å². The van der Waals surface area contributed by atoms with E-state index in [1.54, 1.807) is 30.3 Å². The Balaban J connectivity index is 1.59. The molecule has 35 heavy (non-hydrogen) atoms. The Labute approximate surface area is 213 Å². The summed E-state index contributed by atoms with van der Waals surface area (Å²) in [5.74, 6) is -0.837. The first-order valence-corrected chi connectivity index (χ1v) is 12.2. The third-order valence-electron chi connectivity index (χ3n) is 6.45. The molecule has 0 unspecified atom stereocenters. The van der Waals surface area contributed by atoms with Crippen LogP contribution in [0.5, 0.6) is 5.75 Å². The SMILES string of the molecule is C[C@H]1Cc2cc(/C(O)=C3\C(=O)C(=O)N(CCc4ccccc4)[C@@H]3c3ccc(Cl)c(Cl)c3)ccc2O1. The number of nitrogens with zero attached hydrogens (tertiary/aromatic N) is 1. The number of aliphatic hydroxyl groups is 1. The smallest absolute Gasteiger partial charge is 0.295 e.